The molecule has 0 amide bonds. The average Bonchev–Trinajstić information content (AvgIpc) is 2.39. The first-order valence-electron chi connectivity index (χ1n) is 5.73. The lowest BCUT2D eigenvalue weighted by Crippen LogP contribution is -2.26. The zero-order valence-electron chi connectivity index (χ0n) is 9.12. The van der Waals surface area contributed by atoms with Gasteiger partial charge in [-0.25, -0.2) is 0 Å². The second-order valence-electron chi connectivity index (χ2n) is 4.35. The Morgan fingerprint density at radius 1 is 1.06 bits per heavy atom. The Morgan fingerprint density at radius 2 is 1.81 bits per heavy atom. The molecular formula is C14H14BrN. The second-order valence-corrected chi connectivity index (χ2v) is 5.27. The minimum absolute atomic E-state index is 1.14. The molecule has 0 saturated heterocycles. The Bertz CT molecular complexity index is 474. The molecule has 0 bridgehead atoms. The summed E-state index contributed by atoms with van der Waals surface area (Å²) < 4.78 is 1.20. The molecule has 0 saturated carbocycles. The van der Waals surface area contributed by atoms with Crippen LogP contribution >= 0.6 is 15.9 Å². The maximum Gasteiger partial charge on any atom is 0.0366 e. The van der Waals surface area contributed by atoms with E-state index in [-0.39, 0.29) is 0 Å². The van der Waals surface area contributed by atoms with Crippen molar-refractivity contribution in [1.29, 1.82) is 0 Å². The third kappa shape index (κ3) is 1.82. The van der Waals surface area contributed by atoms with E-state index in [2.05, 4.69) is 57.3 Å². The molecule has 1 nitrogen and oxygen atoms in total. The third-order valence-electron chi connectivity index (χ3n) is 3.37. The highest BCUT2D eigenvalue weighted by atomic mass is 79.9. The highest BCUT2D eigenvalue weighted by Gasteiger charge is 2.16. The SMILES string of the molecule is Brc1ccc2c(c1)CCN(C1=CC=C1)CC2. The summed E-state index contributed by atoms with van der Waals surface area (Å²) in [4.78, 5) is 2.48. The summed E-state index contributed by atoms with van der Waals surface area (Å²) in [6.07, 6.45) is 8.83. The van der Waals surface area contributed by atoms with Gasteiger partial charge in [-0.05, 0) is 48.3 Å². The summed E-state index contributed by atoms with van der Waals surface area (Å²) in [5.74, 6) is 0. The smallest absolute Gasteiger partial charge is 0.0366 e. The summed E-state index contributed by atoms with van der Waals surface area (Å²) >= 11 is 3.55. The molecular weight excluding hydrogens is 262 g/mol. The molecule has 1 heterocycles. The van der Waals surface area contributed by atoms with Crippen LogP contribution < -0.4 is 0 Å². The summed E-state index contributed by atoms with van der Waals surface area (Å²) in [6, 6.07) is 6.68. The Morgan fingerprint density at radius 3 is 2.50 bits per heavy atom. The fourth-order valence-corrected chi connectivity index (χ4v) is 2.75. The number of hydrogen-bond donors (Lipinski definition) is 0. The summed E-state index contributed by atoms with van der Waals surface area (Å²) in [7, 11) is 0. The van der Waals surface area contributed by atoms with E-state index in [1.54, 1.807) is 0 Å². The van der Waals surface area contributed by atoms with Crippen molar-refractivity contribution in [1.82, 2.24) is 4.90 Å². The molecule has 2 aliphatic rings. The van der Waals surface area contributed by atoms with Gasteiger partial charge in [-0.2, -0.15) is 0 Å². The van der Waals surface area contributed by atoms with Crippen molar-refractivity contribution >= 4 is 15.9 Å². The van der Waals surface area contributed by atoms with E-state index < -0.39 is 0 Å². The van der Waals surface area contributed by atoms with Crippen molar-refractivity contribution in [3.8, 4) is 0 Å². The lowest BCUT2D eigenvalue weighted by Gasteiger charge is -2.26. The molecule has 1 aliphatic carbocycles. The Hall–Kier alpha value is -1.02. The van der Waals surface area contributed by atoms with Crippen molar-refractivity contribution in [3.63, 3.8) is 0 Å². The molecule has 0 aromatic heterocycles. The molecule has 1 aromatic rings. The van der Waals surface area contributed by atoms with Gasteiger partial charge in [0.2, 0.25) is 0 Å². The normalized spacial score (nSPS) is 18.6. The molecule has 0 spiro atoms. The highest BCUT2D eigenvalue weighted by Crippen LogP contribution is 2.23. The van der Waals surface area contributed by atoms with Crippen LogP contribution in [0.25, 0.3) is 0 Å². The summed E-state index contributed by atoms with van der Waals surface area (Å²) in [6.45, 7) is 2.28. The minimum Gasteiger partial charge on any atom is -0.371 e. The molecule has 16 heavy (non-hydrogen) atoms. The van der Waals surface area contributed by atoms with Crippen LogP contribution in [0, 0.1) is 0 Å². The van der Waals surface area contributed by atoms with Crippen LogP contribution in [-0.4, -0.2) is 18.0 Å². The maximum absolute atomic E-state index is 3.55. The van der Waals surface area contributed by atoms with Crippen LogP contribution in [0.2, 0.25) is 0 Å². The highest BCUT2D eigenvalue weighted by molar-refractivity contribution is 9.10. The van der Waals surface area contributed by atoms with Crippen LogP contribution in [0.15, 0.2) is 46.6 Å². The quantitative estimate of drug-likeness (QED) is 0.760. The standard InChI is InChI=1S/C14H14BrN/c15-13-5-4-11-6-8-16(14-2-1-3-14)9-7-12(11)10-13/h1-5,10H,6-9H2. The van der Waals surface area contributed by atoms with Gasteiger partial charge in [0.1, 0.15) is 0 Å². The van der Waals surface area contributed by atoms with E-state index in [1.165, 1.54) is 21.3 Å². The van der Waals surface area contributed by atoms with Gasteiger partial charge in [0.25, 0.3) is 0 Å². The fourth-order valence-electron chi connectivity index (χ4n) is 2.35. The lowest BCUT2D eigenvalue weighted by molar-refractivity contribution is 0.370. The van der Waals surface area contributed by atoms with E-state index in [0.717, 1.165) is 25.9 Å². The Kier molecular flexibility index (Phi) is 2.60. The second kappa shape index (κ2) is 4.10. The molecule has 0 fully saturated rings. The van der Waals surface area contributed by atoms with Gasteiger partial charge >= 0.3 is 0 Å². The zero-order chi connectivity index (χ0) is 11.0. The monoisotopic (exact) mass is 275 g/mol. The molecule has 3 rings (SSSR count). The molecule has 0 atom stereocenters. The minimum atomic E-state index is 1.14. The van der Waals surface area contributed by atoms with Crippen molar-refractivity contribution < 1.29 is 0 Å². The van der Waals surface area contributed by atoms with E-state index >= 15 is 0 Å². The molecule has 1 aromatic carbocycles. The van der Waals surface area contributed by atoms with Gasteiger partial charge in [-0.15, -0.1) is 0 Å². The number of hydrogen-bond acceptors (Lipinski definition) is 1. The van der Waals surface area contributed by atoms with E-state index in [4.69, 9.17) is 0 Å². The van der Waals surface area contributed by atoms with Crippen molar-refractivity contribution in [2.45, 2.75) is 12.8 Å². The van der Waals surface area contributed by atoms with Crippen LogP contribution in [-0.2, 0) is 12.8 Å². The number of rotatable bonds is 1. The van der Waals surface area contributed by atoms with Gasteiger partial charge in [0.15, 0.2) is 0 Å². The van der Waals surface area contributed by atoms with Crippen molar-refractivity contribution in [2.24, 2.45) is 0 Å². The first kappa shape index (κ1) is 10.2. The van der Waals surface area contributed by atoms with Crippen molar-refractivity contribution in [3.05, 3.63) is 57.7 Å². The molecule has 0 radical (unpaired) electrons. The molecule has 2 heteroatoms. The number of benzene rings is 1. The summed E-state index contributed by atoms with van der Waals surface area (Å²) in [5, 5.41) is 0. The molecule has 82 valence electrons. The molecule has 1 aliphatic heterocycles. The number of fused-ring (bicyclic) bond motifs is 1. The predicted molar refractivity (Wildman–Crippen MR) is 70.3 cm³/mol. The van der Waals surface area contributed by atoms with Crippen LogP contribution in [0.1, 0.15) is 11.1 Å². The maximum atomic E-state index is 3.55. The third-order valence-corrected chi connectivity index (χ3v) is 3.86. The Labute approximate surface area is 105 Å². The lowest BCUT2D eigenvalue weighted by atomic mass is 10.0. The molecule has 0 N–H and O–H groups in total. The fraction of sp³-hybridized carbons (Fsp3) is 0.286. The van der Waals surface area contributed by atoms with Crippen LogP contribution in [0.5, 0.6) is 0 Å². The van der Waals surface area contributed by atoms with Gasteiger partial charge in [0.05, 0.1) is 0 Å². The van der Waals surface area contributed by atoms with Gasteiger partial charge in [-0.3, -0.25) is 0 Å². The van der Waals surface area contributed by atoms with Crippen molar-refractivity contribution in [2.75, 3.05) is 13.1 Å². The van der Waals surface area contributed by atoms with Crippen LogP contribution in [0.4, 0.5) is 0 Å². The van der Waals surface area contributed by atoms with Crippen LogP contribution in [0.3, 0.4) is 0 Å². The summed E-state index contributed by atoms with van der Waals surface area (Å²) in [5.41, 5.74) is 4.40. The predicted octanol–water partition coefficient (Wildman–Crippen LogP) is 3.30. The van der Waals surface area contributed by atoms with Gasteiger partial charge in [-0.1, -0.05) is 28.1 Å². The molecule has 0 unspecified atom stereocenters. The number of allylic oxidation sites excluding steroid dienone is 3. The van der Waals surface area contributed by atoms with E-state index in [1.807, 2.05) is 0 Å². The van der Waals surface area contributed by atoms with E-state index in [9.17, 15) is 0 Å². The first-order chi connectivity index (χ1) is 7.83. The topological polar surface area (TPSA) is 3.24 Å². The largest absolute Gasteiger partial charge is 0.371 e. The van der Waals surface area contributed by atoms with Gasteiger partial charge in [0, 0.05) is 23.3 Å². The Balaban J connectivity index is 1.81. The first-order valence-corrected chi connectivity index (χ1v) is 6.53. The average molecular weight is 276 g/mol. The number of halogens is 1. The van der Waals surface area contributed by atoms with Gasteiger partial charge < -0.3 is 4.90 Å². The zero-order valence-corrected chi connectivity index (χ0v) is 10.7. The number of nitrogens with zero attached hydrogens (tertiary/aromatic N) is 1. The van der Waals surface area contributed by atoms with E-state index in [0.29, 0.717) is 0 Å².